The highest BCUT2D eigenvalue weighted by Gasteiger charge is 2.47. The van der Waals surface area contributed by atoms with Gasteiger partial charge in [0, 0.05) is 16.4 Å². The van der Waals surface area contributed by atoms with Crippen molar-refractivity contribution in [2.45, 2.75) is 54.6 Å². The van der Waals surface area contributed by atoms with Crippen LogP contribution in [0.15, 0.2) is 59.5 Å². The number of thioether (sulfide) groups is 1. The maximum Gasteiger partial charge on any atom is 0.154 e. The molecular weight excluding hydrogens is 328 g/mol. The average molecular weight is 352 g/mol. The minimum atomic E-state index is 0.130. The van der Waals surface area contributed by atoms with Crippen LogP contribution in [0.3, 0.4) is 0 Å². The molecule has 25 heavy (non-hydrogen) atoms. The van der Waals surface area contributed by atoms with Crippen molar-refractivity contribution in [3.8, 4) is 5.75 Å². The SMILES string of the molecule is c1ccc(S[C@@H]2Oc3ccccc3[C@@H]3O[C@@H]4CCCC[C@H]4C[C@@H]23)cc1. The van der Waals surface area contributed by atoms with Gasteiger partial charge in [-0.15, -0.1) is 0 Å². The number of rotatable bonds is 2. The van der Waals surface area contributed by atoms with E-state index in [4.69, 9.17) is 9.47 Å². The van der Waals surface area contributed by atoms with Gasteiger partial charge in [0.05, 0.1) is 12.2 Å². The third-order valence-electron chi connectivity index (χ3n) is 5.94. The lowest BCUT2D eigenvalue weighted by Gasteiger charge is -2.48. The quantitative estimate of drug-likeness (QED) is 0.677. The molecule has 0 unspecified atom stereocenters. The van der Waals surface area contributed by atoms with Crippen LogP contribution in [0.1, 0.15) is 43.8 Å². The Bertz CT molecular complexity index is 732. The molecule has 2 nitrogen and oxygen atoms in total. The molecule has 0 radical (unpaired) electrons. The summed E-state index contributed by atoms with van der Waals surface area (Å²) in [5.41, 5.74) is 1.38. The van der Waals surface area contributed by atoms with E-state index in [-0.39, 0.29) is 11.5 Å². The van der Waals surface area contributed by atoms with Crippen LogP contribution < -0.4 is 4.74 Å². The molecule has 130 valence electrons. The van der Waals surface area contributed by atoms with Gasteiger partial charge in [0.2, 0.25) is 0 Å². The Kier molecular flexibility index (Phi) is 4.23. The van der Waals surface area contributed by atoms with Crippen molar-refractivity contribution in [1.82, 2.24) is 0 Å². The summed E-state index contributed by atoms with van der Waals surface area (Å²) < 4.78 is 13.2. The Morgan fingerprint density at radius 3 is 2.60 bits per heavy atom. The van der Waals surface area contributed by atoms with Gasteiger partial charge >= 0.3 is 0 Å². The summed E-state index contributed by atoms with van der Waals surface area (Å²) in [5.74, 6) is 2.15. The molecule has 2 aromatic rings. The van der Waals surface area contributed by atoms with Crippen molar-refractivity contribution in [3.05, 3.63) is 60.2 Å². The molecule has 5 rings (SSSR count). The van der Waals surface area contributed by atoms with E-state index in [1.807, 2.05) is 11.8 Å². The smallest absolute Gasteiger partial charge is 0.154 e. The van der Waals surface area contributed by atoms with Crippen LogP contribution in [0.2, 0.25) is 0 Å². The number of hydrogen-bond donors (Lipinski definition) is 0. The van der Waals surface area contributed by atoms with Crippen LogP contribution in [0, 0.1) is 11.8 Å². The summed E-state index contributed by atoms with van der Waals surface area (Å²) in [6.07, 6.45) is 7.09. The zero-order chi connectivity index (χ0) is 16.6. The minimum absolute atomic E-state index is 0.130. The Labute approximate surface area is 153 Å². The average Bonchev–Trinajstić information content (AvgIpc) is 2.68. The van der Waals surface area contributed by atoms with Crippen LogP contribution in [-0.4, -0.2) is 11.5 Å². The fraction of sp³-hybridized carbons (Fsp3) is 0.455. The summed E-state index contributed by atoms with van der Waals surface area (Å²) in [5, 5.41) is 0. The maximum atomic E-state index is 6.70. The number of benzene rings is 2. The van der Waals surface area contributed by atoms with E-state index in [0.717, 1.165) is 5.75 Å². The van der Waals surface area contributed by atoms with Crippen molar-refractivity contribution >= 4 is 11.8 Å². The van der Waals surface area contributed by atoms with E-state index < -0.39 is 0 Å². The molecule has 0 bridgehead atoms. The van der Waals surface area contributed by atoms with Gasteiger partial charge in [-0.1, -0.05) is 61.0 Å². The lowest BCUT2D eigenvalue weighted by molar-refractivity contribution is -0.150. The monoisotopic (exact) mass is 352 g/mol. The summed E-state index contributed by atoms with van der Waals surface area (Å²) in [6.45, 7) is 0. The van der Waals surface area contributed by atoms with Gasteiger partial charge in [-0.3, -0.25) is 0 Å². The Morgan fingerprint density at radius 2 is 1.68 bits per heavy atom. The standard InChI is InChI=1S/C22H24O2S/c1-2-9-16(10-3-1)25-22-18-14-15-8-4-6-12-19(15)23-21(18)17-11-5-7-13-20(17)24-22/h1-3,5,7,9-11,13,15,18-19,21-22H,4,6,8,12,14H2/t15-,18+,19+,21-,22-/m0/s1. The van der Waals surface area contributed by atoms with Gasteiger partial charge < -0.3 is 9.47 Å². The number of fused-ring (bicyclic) bond motifs is 4. The first kappa shape index (κ1) is 15.8. The number of ether oxygens (including phenoxy) is 2. The van der Waals surface area contributed by atoms with E-state index >= 15 is 0 Å². The van der Waals surface area contributed by atoms with Gasteiger partial charge in [-0.25, -0.2) is 0 Å². The van der Waals surface area contributed by atoms with Crippen molar-refractivity contribution in [2.75, 3.05) is 0 Å². The van der Waals surface area contributed by atoms with Crippen LogP contribution in [0.5, 0.6) is 5.75 Å². The minimum Gasteiger partial charge on any atom is -0.479 e. The molecule has 0 aromatic heterocycles. The van der Waals surface area contributed by atoms with E-state index in [1.54, 1.807) is 0 Å². The largest absolute Gasteiger partial charge is 0.479 e. The van der Waals surface area contributed by atoms with Crippen molar-refractivity contribution in [2.24, 2.45) is 11.8 Å². The van der Waals surface area contributed by atoms with Crippen molar-refractivity contribution in [1.29, 1.82) is 0 Å². The molecule has 2 aromatic carbocycles. The molecule has 0 spiro atoms. The Balaban J connectivity index is 1.48. The summed E-state index contributed by atoms with van der Waals surface area (Å²) in [7, 11) is 0. The van der Waals surface area contributed by atoms with Crippen LogP contribution in [0.25, 0.3) is 0 Å². The molecule has 1 saturated carbocycles. The number of hydrogen-bond acceptors (Lipinski definition) is 3. The van der Waals surface area contributed by atoms with Gasteiger partial charge in [-0.2, -0.15) is 0 Å². The fourth-order valence-corrected chi connectivity index (χ4v) is 5.89. The normalized spacial score (nSPS) is 33.5. The predicted octanol–water partition coefficient (Wildman–Crippen LogP) is 5.83. The molecule has 3 heteroatoms. The molecular formula is C22H24O2S. The maximum absolute atomic E-state index is 6.70. The fourth-order valence-electron chi connectivity index (χ4n) is 4.72. The Hall–Kier alpha value is -1.45. The second-order valence-electron chi connectivity index (χ2n) is 7.49. The zero-order valence-electron chi connectivity index (χ0n) is 14.3. The Morgan fingerprint density at radius 1 is 0.880 bits per heavy atom. The lowest BCUT2D eigenvalue weighted by atomic mass is 9.74. The van der Waals surface area contributed by atoms with Crippen LogP contribution in [0.4, 0.5) is 0 Å². The summed E-state index contributed by atoms with van der Waals surface area (Å²) in [6, 6.07) is 19.1. The molecule has 5 atom stereocenters. The predicted molar refractivity (Wildman–Crippen MR) is 101 cm³/mol. The molecule has 0 amide bonds. The first-order valence-corrected chi connectivity index (χ1v) is 10.4. The first-order chi connectivity index (χ1) is 12.4. The molecule has 1 saturated heterocycles. The molecule has 2 aliphatic heterocycles. The van der Waals surface area contributed by atoms with E-state index in [2.05, 4.69) is 54.6 Å². The molecule has 3 aliphatic rings. The number of para-hydroxylation sites is 1. The third-order valence-corrected chi connectivity index (χ3v) is 7.16. The lowest BCUT2D eigenvalue weighted by Crippen LogP contribution is -2.45. The second kappa shape index (κ2) is 6.69. The van der Waals surface area contributed by atoms with Crippen molar-refractivity contribution < 1.29 is 9.47 Å². The second-order valence-corrected chi connectivity index (χ2v) is 8.67. The van der Waals surface area contributed by atoms with E-state index in [9.17, 15) is 0 Å². The summed E-state index contributed by atoms with van der Waals surface area (Å²) in [4.78, 5) is 1.27. The van der Waals surface area contributed by atoms with Gasteiger partial charge in [-0.05, 0) is 43.4 Å². The van der Waals surface area contributed by atoms with E-state index in [0.29, 0.717) is 17.9 Å². The first-order valence-electron chi connectivity index (χ1n) is 9.51. The van der Waals surface area contributed by atoms with E-state index in [1.165, 1.54) is 42.6 Å². The molecule has 2 heterocycles. The van der Waals surface area contributed by atoms with Crippen molar-refractivity contribution in [3.63, 3.8) is 0 Å². The molecule has 2 fully saturated rings. The summed E-state index contributed by atoms with van der Waals surface area (Å²) >= 11 is 1.85. The molecule has 1 aliphatic carbocycles. The zero-order valence-corrected chi connectivity index (χ0v) is 15.2. The highest BCUT2D eigenvalue weighted by atomic mass is 32.2. The van der Waals surface area contributed by atoms with Gasteiger partial charge in [0.15, 0.2) is 5.44 Å². The van der Waals surface area contributed by atoms with Crippen LogP contribution in [-0.2, 0) is 4.74 Å². The highest BCUT2D eigenvalue weighted by Crippen LogP contribution is 2.53. The third kappa shape index (κ3) is 2.98. The van der Waals surface area contributed by atoms with Gasteiger partial charge in [0.25, 0.3) is 0 Å². The highest BCUT2D eigenvalue weighted by molar-refractivity contribution is 7.99. The molecule has 0 N–H and O–H groups in total. The van der Waals surface area contributed by atoms with Crippen LogP contribution >= 0.6 is 11.8 Å². The van der Waals surface area contributed by atoms with Gasteiger partial charge in [0.1, 0.15) is 5.75 Å². The topological polar surface area (TPSA) is 18.5 Å².